The van der Waals surface area contributed by atoms with Crippen LogP contribution in [0, 0.1) is 13.8 Å². The third-order valence-electron chi connectivity index (χ3n) is 5.18. The van der Waals surface area contributed by atoms with Crippen LogP contribution in [0.25, 0.3) is 16.5 Å². The van der Waals surface area contributed by atoms with Gasteiger partial charge in [-0.2, -0.15) is 0 Å². The molecular formula is C25H25N3. The quantitative estimate of drug-likeness (QED) is 0.401. The number of hydrogen-bond acceptors (Lipinski definition) is 2. The molecule has 0 saturated heterocycles. The zero-order valence-electron chi connectivity index (χ0n) is 16.8. The Balaban J connectivity index is 1.65. The second kappa shape index (κ2) is 7.35. The molecule has 0 fully saturated rings. The van der Waals surface area contributed by atoms with E-state index < -0.39 is 0 Å². The SMILES string of the molecule is Cc1cc(C=Nc2ccc3ccccc3c2)c(C)n1-c1ccc(N(C)C)cc1. The molecule has 0 unspecified atom stereocenters. The third-order valence-corrected chi connectivity index (χ3v) is 5.18. The molecule has 140 valence electrons. The normalized spacial score (nSPS) is 11.4. The summed E-state index contributed by atoms with van der Waals surface area (Å²) in [6.07, 6.45) is 1.97. The van der Waals surface area contributed by atoms with Crippen molar-refractivity contribution in [1.29, 1.82) is 0 Å². The lowest BCUT2D eigenvalue weighted by atomic mass is 10.1. The second-order valence-electron chi connectivity index (χ2n) is 7.36. The molecule has 0 bridgehead atoms. The van der Waals surface area contributed by atoms with E-state index in [1.165, 1.54) is 33.5 Å². The van der Waals surface area contributed by atoms with Crippen molar-refractivity contribution in [3.05, 3.63) is 89.7 Å². The first-order valence-electron chi connectivity index (χ1n) is 9.52. The molecule has 0 aliphatic heterocycles. The van der Waals surface area contributed by atoms with Crippen LogP contribution < -0.4 is 4.90 Å². The van der Waals surface area contributed by atoms with Crippen molar-refractivity contribution >= 4 is 28.4 Å². The van der Waals surface area contributed by atoms with E-state index in [1.54, 1.807) is 0 Å². The first kappa shape index (κ1) is 18.1. The van der Waals surface area contributed by atoms with Gasteiger partial charge >= 0.3 is 0 Å². The number of aromatic nitrogens is 1. The first-order chi connectivity index (χ1) is 13.5. The predicted octanol–water partition coefficient (Wildman–Crippen LogP) is 6.06. The van der Waals surface area contributed by atoms with E-state index in [9.17, 15) is 0 Å². The van der Waals surface area contributed by atoms with Gasteiger partial charge in [0.2, 0.25) is 0 Å². The molecule has 1 aromatic heterocycles. The summed E-state index contributed by atoms with van der Waals surface area (Å²) in [6, 6.07) is 25.5. The van der Waals surface area contributed by atoms with Gasteiger partial charge in [0, 0.05) is 48.6 Å². The minimum absolute atomic E-state index is 0.971. The lowest BCUT2D eigenvalue weighted by Crippen LogP contribution is -2.08. The molecule has 0 radical (unpaired) electrons. The van der Waals surface area contributed by atoms with Gasteiger partial charge in [-0.05, 0) is 67.1 Å². The molecule has 0 N–H and O–H groups in total. The molecule has 0 aliphatic carbocycles. The highest BCUT2D eigenvalue weighted by molar-refractivity contribution is 5.88. The number of nitrogens with zero attached hydrogens (tertiary/aromatic N) is 3. The molecule has 0 saturated carbocycles. The summed E-state index contributed by atoms with van der Waals surface area (Å²) in [5.41, 5.74) is 6.88. The molecule has 4 aromatic rings. The molecule has 4 rings (SSSR count). The van der Waals surface area contributed by atoms with Gasteiger partial charge in [-0.15, -0.1) is 0 Å². The van der Waals surface area contributed by atoms with Crippen molar-refractivity contribution in [2.45, 2.75) is 13.8 Å². The van der Waals surface area contributed by atoms with E-state index in [4.69, 9.17) is 4.99 Å². The van der Waals surface area contributed by atoms with Gasteiger partial charge < -0.3 is 9.47 Å². The smallest absolute Gasteiger partial charge is 0.0636 e. The molecule has 0 spiro atoms. The number of fused-ring (bicyclic) bond motifs is 1. The van der Waals surface area contributed by atoms with E-state index in [0.29, 0.717) is 0 Å². The minimum atomic E-state index is 0.971. The Morgan fingerprint density at radius 1 is 0.821 bits per heavy atom. The van der Waals surface area contributed by atoms with Crippen LogP contribution in [0.1, 0.15) is 17.0 Å². The van der Waals surface area contributed by atoms with E-state index in [0.717, 1.165) is 11.3 Å². The topological polar surface area (TPSA) is 20.5 Å². The summed E-state index contributed by atoms with van der Waals surface area (Å²) in [5.74, 6) is 0. The summed E-state index contributed by atoms with van der Waals surface area (Å²) in [4.78, 5) is 6.84. The Morgan fingerprint density at radius 2 is 1.54 bits per heavy atom. The highest BCUT2D eigenvalue weighted by atomic mass is 15.1. The molecular weight excluding hydrogens is 342 g/mol. The van der Waals surface area contributed by atoms with Crippen LogP contribution in [0.15, 0.2) is 77.8 Å². The van der Waals surface area contributed by atoms with Gasteiger partial charge in [0.25, 0.3) is 0 Å². The summed E-state index contributed by atoms with van der Waals surface area (Å²) in [7, 11) is 4.12. The maximum absolute atomic E-state index is 4.73. The minimum Gasteiger partial charge on any atom is -0.378 e. The number of hydrogen-bond donors (Lipinski definition) is 0. The van der Waals surface area contributed by atoms with Gasteiger partial charge in [0.15, 0.2) is 0 Å². The van der Waals surface area contributed by atoms with Gasteiger partial charge in [-0.3, -0.25) is 4.99 Å². The Hall–Kier alpha value is -3.33. The monoisotopic (exact) mass is 367 g/mol. The van der Waals surface area contributed by atoms with E-state index in [2.05, 4.69) is 110 Å². The lowest BCUT2D eigenvalue weighted by molar-refractivity contribution is 0.963. The Morgan fingerprint density at radius 3 is 2.25 bits per heavy atom. The van der Waals surface area contributed by atoms with Crippen LogP contribution in [0.2, 0.25) is 0 Å². The molecule has 3 aromatic carbocycles. The van der Waals surface area contributed by atoms with Crippen molar-refractivity contribution in [2.75, 3.05) is 19.0 Å². The third kappa shape index (κ3) is 3.44. The molecule has 0 aliphatic rings. The molecule has 0 amide bonds. The van der Waals surface area contributed by atoms with Crippen molar-refractivity contribution < 1.29 is 0 Å². The van der Waals surface area contributed by atoms with Gasteiger partial charge in [0.05, 0.1) is 5.69 Å². The zero-order chi connectivity index (χ0) is 19.7. The highest BCUT2D eigenvalue weighted by Gasteiger charge is 2.09. The Labute approximate surface area is 166 Å². The number of aliphatic imine (C=N–C) groups is 1. The number of benzene rings is 3. The molecule has 0 atom stereocenters. The number of anilines is 1. The number of rotatable bonds is 4. The standard InChI is InChI=1S/C25H25N3/c1-18-15-22(17-26-23-10-9-20-7-5-6-8-21(20)16-23)19(2)28(18)25-13-11-24(12-14-25)27(3)4/h5-17H,1-4H3. The van der Waals surface area contributed by atoms with Crippen LogP contribution in [0.5, 0.6) is 0 Å². The van der Waals surface area contributed by atoms with E-state index in [1.807, 2.05) is 6.21 Å². The molecule has 1 heterocycles. The molecule has 3 heteroatoms. The van der Waals surface area contributed by atoms with Crippen LogP contribution in [-0.2, 0) is 0 Å². The summed E-state index contributed by atoms with van der Waals surface area (Å²) < 4.78 is 2.28. The molecule has 28 heavy (non-hydrogen) atoms. The maximum atomic E-state index is 4.73. The second-order valence-corrected chi connectivity index (χ2v) is 7.36. The summed E-state index contributed by atoms with van der Waals surface area (Å²) in [6.45, 7) is 4.29. The predicted molar refractivity (Wildman–Crippen MR) is 121 cm³/mol. The van der Waals surface area contributed by atoms with Gasteiger partial charge in [-0.1, -0.05) is 30.3 Å². The lowest BCUT2D eigenvalue weighted by Gasteiger charge is -2.14. The zero-order valence-corrected chi connectivity index (χ0v) is 16.8. The van der Waals surface area contributed by atoms with E-state index in [-0.39, 0.29) is 0 Å². The van der Waals surface area contributed by atoms with Crippen LogP contribution in [0.4, 0.5) is 11.4 Å². The average Bonchev–Trinajstić information content (AvgIpc) is 2.99. The van der Waals surface area contributed by atoms with Crippen LogP contribution in [-0.4, -0.2) is 24.9 Å². The fraction of sp³-hybridized carbons (Fsp3) is 0.160. The van der Waals surface area contributed by atoms with Crippen molar-refractivity contribution in [1.82, 2.24) is 4.57 Å². The van der Waals surface area contributed by atoms with Crippen molar-refractivity contribution in [3.8, 4) is 5.69 Å². The highest BCUT2D eigenvalue weighted by Crippen LogP contribution is 2.24. The maximum Gasteiger partial charge on any atom is 0.0636 e. The Bertz CT molecular complexity index is 1150. The largest absolute Gasteiger partial charge is 0.378 e. The molecule has 3 nitrogen and oxygen atoms in total. The number of aryl methyl sites for hydroxylation is 1. The van der Waals surface area contributed by atoms with Crippen molar-refractivity contribution in [3.63, 3.8) is 0 Å². The fourth-order valence-corrected chi connectivity index (χ4v) is 3.62. The van der Waals surface area contributed by atoms with Gasteiger partial charge in [0.1, 0.15) is 0 Å². The van der Waals surface area contributed by atoms with Crippen LogP contribution in [0.3, 0.4) is 0 Å². The summed E-state index contributed by atoms with van der Waals surface area (Å²) >= 11 is 0. The van der Waals surface area contributed by atoms with Crippen LogP contribution >= 0.6 is 0 Å². The Kier molecular flexibility index (Phi) is 4.74. The van der Waals surface area contributed by atoms with E-state index >= 15 is 0 Å². The summed E-state index contributed by atoms with van der Waals surface area (Å²) in [5, 5.41) is 2.45. The fourth-order valence-electron chi connectivity index (χ4n) is 3.62. The van der Waals surface area contributed by atoms with Crippen molar-refractivity contribution in [2.24, 2.45) is 4.99 Å². The van der Waals surface area contributed by atoms with Gasteiger partial charge in [-0.25, -0.2) is 0 Å². The average molecular weight is 367 g/mol. The first-order valence-corrected chi connectivity index (χ1v) is 9.52.